The summed E-state index contributed by atoms with van der Waals surface area (Å²) in [6.07, 6.45) is 4.70. The van der Waals surface area contributed by atoms with Gasteiger partial charge in [0.25, 0.3) is 0 Å². The zero-order valence-electron chi connectivity index (χ0n) is 18.3. The normalized spacial score (nSPS) is 40.9. The Balaban J connectivity index is 1.18. The predicted octanol–water partition coefficient (Wildman–Crippen LogP) is 2.82. The molecule has 5 rings (SSSR count). The van der Waals surface area contributed by atoms with E-state index >= 15 is 0 Å². The van der Waals surface area contributed by atoms with Crippen molar-refractivity contribution in [3.63, 3.8) is 0 Å². The molecule has 0 radical (unpaired) electrons. The summed E-state index contributed by atoms with van der Waals surface area (Å²) in [5, 5.41) is 6.38. The fraction of sp³-hybridized carbons (Fsp3) is 0.739. The molecule has 4 fully saturated rings. The van der Waals surface area contributed by atoms with Crippen molar-refractivity contribution < 1.29 is 19.0 Å². The van der Waals surface area contributed by atoms with Gasteiger partial charge in [0.1, 0.15) is 18.0 Å². The molecule has 7 heteroatoms. The highest BCUT2D eigenvalue weighted by molar-refractivity contribution is 5.75. The SMILES string of the molecule is Cc1ncccc1O[C@H]1CO[C@H]2C(NC(=O)N[C@H]3C[C@H]4CC[C@]3(C)C4(C)C)COC21. The standard InChI is InChI=1S/C23H33N3O4/c1-13-16(6-5-9-24-13)30-17-12-29-19-15(11-28-20(17)19)25-21(27)26-18-10-14-7-8-23(18,4)22(14,2)3/h5-6,9,14-15,17-20H,7-8,10-12H2,1-4H3,(H2,25,26,27)/t14-,15?,17+,18+,19+,20?,23+/m1/s1. The summed E-state index contributed by atoms with van der Waals surface area (Å²) >= 11 is 0. The van der Waals surface area contributed by atoms with E-state index in [1.807, 2.05) is 19.1 Å². The first-order valence-corrected chi connectivity index (χ1v) is 11.2. The molecule has 2 amide bonds. The highest BCUT2D eigenvalue weighted by Crippen LogP contribution is 2.65. The number of pyridine rings is 1. The Morgan fingerprint density at radius 2 is 2.00 bits per heavy atom. The average Bonchev–Trinajstić information content (AvgIpc) is 3.38. The van der Waals surface area contributed by atoms with Gasteiger partial charge in [-0.05, 0) is 55.1 Å². The van der Waals surface area contributed by atoms with E-state index in [1.54, 1.807) is 6.20 Å². The Labute approximate surface area is 178 Å². The molecule has 2 saturated heterocycles. The summed E-state index contributed by atoms with van der Waals surface area (Å²) in [6, 6.07) is 3.70. The number of hydrogen-bond acceptors (Lipinski definition) is 5. The predicted molar refractivity (Wildman–Crippen MR) is 111 cm³/mol. The fourth-order valence-electron chi connectivity index (χ4n) is 6.24. The van der Waals surface area contributed by atoms with Gasteiger partial charge < -0.3 is 24.8 Å². The van der Waals surface area contributed by atoms with Crippen LogP contribution in [0.2, 0.25) is 0 Å². The molecule has 7 atom stereocenters. The molecular formula is C23H33N3O4. The summed E-state index contributed by atoms with van der Waals surface area (Å²) in [6.45, 7) is 9.85. The number of rotatable bonds is 4. The summed E-state index contributed by atoms with van der Waals surface area (Å²) in [7, 11) is 0. The molecule has 0 aromatic carbocycles. The number of carbonyl (C=O) groups is 1. The Morgan fingerprint density at radius 1 is 1.20 bits per heavy atom. The largest absolute Gasteiger partial charge is 0.483 e. The van der Waals surface area contributed by atoms with Crippen LogP contribution in [0, 0.1) is 23.7 Å². The van der Waals surface area contributed by atoms with Gasteiger partial charge in [0, 0.05) is 12.2 Å². The van der Waals surface area contributed by atoms with Gasteiger partial charge in [0.15, 0.2) is 6.10 Å². The minimum Gasteiger partial charge on any atom is -0.483 e. The van der Waals surface area contributed by atoms with Crippen molar-refractivity contribution in [1.82, 2.24) is 15.6 Å². The number of ether oxygens (including phenoxy) is 3. The molecule has 2 aliphatic carbocycles. The Bertz CT molecular complexity index is 830. The van der Waals surface area contributed by atoms with Gasteiger partial charge in [-0.3, -0.25) is 4.98 Å². The van der Waals surface area contributed by atoms with Crippen LogP contribution in [0.4, 0.5) is 4.79 Å². The summed E-state index contributed by atoms with van der Waals surface area (Å²) < 4.78 is 18.1. The van der Waals surface area contributed by atoms with Crippen molar-refractivity contribution in [1.29, 1.82) is 0 Å². The van der Waals surface area contributed by atoms with Crippen LogP contribution in [0.1, 0.15) is 45.7 Å². The van der Waals surface area contributed by atoms with Gasteiger partial charge in [-0.25, -0.2) is 4.79 Å². The zero-order chi connectivity index (χ0) is 21.1. The van der Waals surface area contributed by atoms with E-state index in [1.165, 1.54) is 12.8 Å². The topological polar surface area (TPSA) is 81.7 Å². The summed E-state index contributed by atoms with van der Waals surface area (Å²) in [5.74, 6) is 1.44. The molecule has 3 heterocycles. The number of hydrogen-bond donors (Lipinski definition) is 2. The third kappa shape index (κ3) is 3.01. The maximum Gasteiger partial charge on any atom is 0.315 e. The lowest BCUT2D eigenvalue weighted by Gasteiger charge is -2.39. The first-order valence-electron chi connectivity index (χ1n) is 11.2. The van der Waals surface area contributed by atoms with E-state index < -0.39 is 0 Å². The van der Waals surface area contributed by atoms with Crippen molar-refractivity contribution >= 4 is 6.03 Å². The molecule has 2 unspecified atom stereocenters. The van der Waals surface area contributed by atoms with Crippen LogP contribution in [0.25, 0.3) is 0 Å². The van der Waals surface area contributed by atoms with Crippen LogP contribution in [-0.4, -0.2) is 54.6 Å². The number of carbonyl (C=O) groups excluding carboxylic acids is 1. The van der Waals surface area contributed by atoms with Crippen molar-refractivity contribution in [2.24, 2.45) is 16.7 Å². The van der Waals surface area contributed by atoms with Gasteiger partial charge in [0.2, 0.25) is 0 Å². The molecule has 1 aromatic rings. The third-order valence-electron chi connectivity index (χ3n) is 8.66. The number of aryl methyl sites for hydroxylation is 1. The Hall–Kier alpha value is -1.86. The number of urea groups is 1. The fourth-order valence-corrected chi connectivity index (χ4v) is 6.24. The van der Waals surface area contributed by atoms with Gasteiger partial charge in [-0.1, -0.05) is 20.8 Å². The number of amides is 2. The zero-order valence-corrected chi connectivity index (χ0v) is 18.3. The molecule has 0 spiro atoms. The second-order valence-corrected chi connectivity index (χ2v) is 10.2. The molecule has 2 saturated carbocycles. The molecule has 2 bridgehead atoms. The molecule has 2 aliphatic heterocycles. The van der Waals surface area contributed by atoms with Crippen LogP contribution >= 0.6 is 0 Å². The average molecular weight is 416 g/mol. The summed E-state index contributed by atoms with van der Waals surface area (Å²) in [4.78, 5) is 17.1. The minimum absolute atomic E-state index is 0.116. The van der Waals surface area contributed by atoms with Gasteiger partial charge in [0.05, 0.1) is 24.9 Å². The van der Waals surface area contributed by atoms with E-state index in [4.69, 9.17) is 14.2 Å². The lowest BCUT2D eigenvalue weighted by Crippen LogP contribution is -2.54. The molecule has 1 aromatic heterocycles. The Kier molecular flexibility index (Phi) is 4.74. The van der Waals surface area contributed by atoms with E-state index in [2.05, 4.69) is 36.4 Å². The number of aromatic nitrogens is 1. The van der Waals surface area contributed by atoms with Crippen molar-refractivity contribution in [2.75, 3.05) is 13.2 Å². The van der Waals surface area contributed by atoms with Crippen LogP contribution in [0.3, 0.4) is 0 Å². The van der Waals surface area contributed by atoms with Crippen LogP contribution in [0.5, 0.6) is 5.75 Å². The third-order valence-corrected chi connectivity index (χ3v) is 8.66. The van der Waals surface area contributed by atoms with Crippen LogP contribution < -0.4 is 15.4 Å². The molecule has 7 nitrogen and oxygen atoms in total. The highest BCUT2D eigenvalue weighted by Gasteiger charge is 2.61. The number of nitrogens with zero attached hydrogens (tertiary/aromatic N) is 1. The van der Waals surface area contributed by atoms with Gasteiger partial charge >= 0.3 is 6.03 Å². The molecular weight excluding hydrogens is 382 g/mol. The molecule has 2 N–H and O–H groups in total. The van der Waals surface area contributed by atoms with E-state index in [0.29, 0.717) is 19.1 Å². The Morgan fingerprint density at radius 3 is 2.70 bits per heavy atom. The van der Waals surface area contributed by atoms with Crippen molar-refractivity contribution in [3.05, 3.63) is 24.0 Å². The van der Waals surface area contributed by atoms with Crippen molar-refractivity contribution in [3.8, 4) is 5.75 Å². The lowest BCUT2D eigenvalue weighted by molar-refractivity contribution is 0.0299. The van der Waals surface area contributed by atoms with Crippen LogP contribution in [0.15, 0.2) is 18.3 Å². The van der Waals surface area contributed by atoms with Gasteiger partial charge in [-0.15, -0.1) is 0 Å². The second kappa shape index (κ2) is 7.09. The van der Waals surface area contributed by atoms with Crippen molar-refractivity contribution in [2.45, 2.75) is 77.4 Å². The van der Waals surface area contributed by atoms with E-state index in [-0.39, 0.29) is 47.3 Å². The lowest BCUT2D eigenvalue weighted by atomic mass is 9.69. The molecule has 4 aliphatic rings. The summed E-state index contributed by atoms with van der Waals surface area (Å²) in [5.41, 5.74) is 1.28. The quantitative estimate of drug-likeness (QED) is 0.790. The van der Waals surface area contributed by atoms with Gasteiger partial charge in [-0.2, -0.15) is 0 Å². The second-order valence-electron chi connectivity index (χ2n) is 10.2. The number of nitrogens with one attached hydrogen (secondary N) is 2. The van der Waals surface area contributed by atoms with Crippen LogP contribution in [-0.2, 0) is 9.47 Å². The van der Waals surface area contributed by atoms with E-state index in [0.717, 1.165) is 17.9 Å². The molecule has 30 heavy (non-hydrogen) atoms. The monoisotopic (exact) mass is 415 g/mol. The highest BCUT2D eigenvalue weighted by atomic mass is 16.6. The molecule has 164 valence electrons. The van der Waals surface area contributed by atoms with E-state index in [9.17, 15) is 4.79 Å². The first kappa shape index (κ1) is 20.1. The number of fused-ring (bicyclic) bond motifs is 3. The maximum absolute atomic E-state index is 12.8. The maximum atomic E-state index is 12.8. The smallest absolute Gasteiger partial charge is 0.315 e. The first-order chi connectivity index (χ1) is 14.3. The minimum atomic E-state index is -0.196.